The number of nitrogens with one attached hydrogen (secondary N) is 1. The second-order valence-electron chi connectivity index (χ2n) is 4.52. The van der Waals surface area contributed by atoms with Crippen LogP contribution in [0.5, 0.6) is 5.75 Å². The normalized spacial score (nSPS) is 11.4. The molecular weight excluding hydrogens is 279 g/mol. The Labute approximate surface area is 121 Å². The van der Waals surface area contributed by atoms with Crippen LogP contribution >= 0.6 is 0 Å². The van der Waals surface area contributed by atoms with Crippen LogP contribution in [0.3, 0.4) is 0 Å². The zero-order valence-electron chi connectivity index (χ0n) is 11.6. The van der Waals surface area contributed by atoms with E-state index in [-0.39, 0.29) is 5.75 Å². The lowest BCUT2D eigenvalue weighted by atomic mass is 10.0. The molecule has 2 nitrogen and oxygen atoms in total. The fraction of sp³-hybridized carbons (Fsp3) is 0.250. The third kappa shape index (κ3) is 4.49. The number of hydrogen-bond donors (Lipinski definition) is 1. The number of benzene rings is 2. The van der Waals surface area contributed by atoms with Gasteiger partial charge in [0.25, 0.3) is 0 Å². The third-order valence-electron chi connectivity index (χ3n) is 2.96. The van der Waals surface area contributed by atoms with Crippen LogP contribution < -0.4 is 10.1 Å². The Balaban J connectivity index is 2.25. The molecule has 0 unspecified atom stereocenters. The molecule has 2 rings (SSSR count). The van der Waals surface area contributed by atoms with Crippen molar-refractivity contribution in [2.24, 2.45) is 0 Å². The van der Waals surface area contributed by atoms with E-state index in [1.165, 1.54) is 12.1 Å². The number of para-hydroxylation sites is 1. The number of alkyl halides is 3. The molecule has 0 saturated carbocycles. The fourth-order valence-electron chi connectivity index (χ4n) is 1.99. The van der Waals surface area contributed by atoms with E-state index in [4.69, 9.17) is 0 Å². The maximum absolute atomic E-state index is 12.4. The van der Waals surface area contributed by atoms with Gasteiger partial charge >= 0.3 is 6.36 Å². The predicted molar refractivity (Wildman–Crippen MR) is 75.9 cm³/mol. The molecule has 0 amide bonds. The van der Waals surface area contributed by atoms with Crippen LogP contribution in [0.25, 0.3) is 11.1 Å². The molecule has 21 heavy (non-hydrogen) atoms. The van der Waals surface area contributed by atoms with Crippen molar-refractivity contribution in [2.45, 2.75) is 19.8 Å². The first-order valence-electron chi connectivity index (χ1n) is 6.64. The van der Waals surface area contributed by atoms with Crippen LogP contribution in [0, 0.1) is 0 Å². The molecule has 0 radical (unpaired) electrons. The average Bonchev–Trinajstić information content (AvgIpc) is 2.45. The molecule has 0 fully saturated rings. The summed E-state index contributed by atoms with van der Waals surface area (Å²) < 4.78 is 41.3. The van der Waals surface area contributed by atoms with Crippen molar-refractivity contribution >= 4 is 0 Å². The third-order valence-corrected chi connectivity index (χ3v) is 2.96. The summed E-state index contributed by atoms with van der Waals surface area (Å²) in [6.45, 7) is 3.61. The molecule has 0 aliphatic heterocycles. The van der Waals surface area contributed by atoms with Crippen LogP contribution in [-0.2, 0) is 6.54 Å². The standard InChI is InChI=1S/C16H16F3NO/c1-2-20-11-12-7-9-13(10-8-12)14-5-3-4-6-15(14)21-16(17,18)19/h3-10,20H,2,11H2,1H3. The molecule has 2 aromatic rings. The van der Waals surface area contributed by atoms with E-state index in [0.717, 1.165) is 18.7 Å². The highest BCUT2D eigenvalue weighted by Crippen LogP contribution is 2.33. The molecule has 0 heterocycles. The highest BCUT2D eigenvalue weighted by molar-refractivity contribution is 5.70. The highest BCUT2D eigenvalue weighted by atomic mass is 19.4. The van der Waals surface area contributed by atoms with E-state index >= 15 is 0 Å². The van der Waals surface area contributed by atoms with Gasteiger partial charge in [-0.05, 0) is 23.7 Å². The second kappa shape index (κ2) is 6.63. The van der Waals surface area contributed by atoms with Gasteiger partial charge in [0.1, 0.15) is 5.75 Å². The van der Waals surface area contributed by atoms with Gasteiger partial charge in [-0.1, -0.05) is 49.4 Å². The highest BCUT2D eigenvalue weighted by Gasteiger charge is 2.32. The largest absolute Gasteiger partial charge is 0.573 e. The first-order chi connectivity index (χ1) is 9.99. The minimum absolute atomic E-state index is 0.190. The number of ether oxygens (including phenoxy) is 1. The molecule has 0 aromatic heterocycles. The maximum atomic E-state index is 12.4. The molecule has 0 aliphatic rings. The van der Waals surface area contributed by atoms with Gasteiger partial charge in [-0.2, -0.15) is 0 Å². The van der Waals surface area contributed by atoms with Crippen molar-refractivity contribution in [3.05, 3.63) is 54.1 Å². The van der Waals surface area contributed by atoms with E-state index in [2.05, 4.69) is 10.1 Å². The van der Waals surface area contributed by atoms with Gasteiger partial charge in [0.05, 0.1) is 0 Å². The quantitative estimate of drug-likeness (QED) is 0.885. The predicted octanol–water partition coefficient (Wildman–Crippen LogP) is 4.36. The number of hydrogen-bond acceptors (Lipinski definition) is 2. The lowest BCUT2D eigenvalue weighted by molar-refractivity contribution is -0.274. The van der Waals surface area contributed by atoms with Gasteiger partial charge in [-0.25, -0.2) is 0 Å². The van der Waals surface area contributed by atoms with E-state index in [1.54, 1.807) is 24.3 Å². The molecule has 112 valence electrons. The molecule has 0 atom stereocenters. The van der Waals surface area contributed by atoms with Gasteiger partial charge < -0.3 is 10.1 Å². The van der Waals surface area contributed by atoms with Gasteiger partial charge in [0, 0.05) is 12.1 Å². The summed E-state index contributed by atoms with van der Waals surface area (Å²) in [7, 11) is 0. The molecule has 1 N–H and O–H groups in total. The monoisotopic (exact) mass is 295 g/mol. The van der Waals surface area contributed by atoms with Crippen molar-refractivity contribution in [3.63, 3.8) is 0 Å². The van der Waals surface area contributed by atoms with Gasteiger partial charge in [-0.15, -0.1) is 13.2 Å². The lowest BCUT2D eigenvalue weighted by Gasteiger charge is -2.13. The molecule has 0 spiro atoms. The summed E-state index contributed by atoms with van der Waals surface area (Å²) in [5, 5.41) is 3.19. The first-order valence-corrected chi connectivity index (χ1v) is 6.64. The van der Waals surface area contributed by atoms with Gasteiger partial charge in [0.2, 0.25) is 0 Å². The first kappa shape index (κ1) is 15.4. The fourth-order valence-corrected chi connectivity index (χ4v) is 1.99. The van der Waals surface area contributed by atoms with E-state index in [0.29, 0.717) is 11.1 Å². The topological polar surface area (TPSA) is 21.3 Å². The Morgan fingerprint density at radius 2 is 1.67 bits per heavy atom. The second-order valence-corrected chi connectivity index (χ2v) is 4.52. The lowest BCUT2D eigenvalue weighted by Crippen LogP contribution is -2.17. The molecule has 0 saturated heterocycles. The van der Waals surface area contributed by atoms with Crippen LogP contribution in [0.1, 0.15) is 12.5 Å². The Morgan fingerprint density at radius 1 is 1.00 bits per heavy atom. The van der Waals surface area contributed by atoms with Crippen molar-refractivity contribution in [3.8, 4) is 16.9 Å². The van der Waals surface area contributed by atoms with E-state index in [1.807, 2.05) is 19.1 Å². The van der Waals surface area contributed by atoms with Crippen LogP contribution in [0.2, 0.25) is 0 Å². The minimum Gasteiger partial charge on any atom is -0.405 e. The van der Waals surface area contributed by atoms with Crippen molar-refractivity contribution in [1.29, 1.82) is 0 Å². The minimum atomic E-state index is -4.69. The Bertz CT molecular complexity index is 579. The van der Waals surface area contributed by atoms with Crippen molar-refractivity contribution in [1.82, 2.24) is 5.32 Å². The van der Waals surface area contributed by atoms with Crippen LogP contribution in [-0.4, -0.2) is 12.9 Å². The van der Waals surface area contributed by atoms with Crippen molar-refractivity contribution in [2.75, 3.05) is 6.54 Å². The van der Waals surface area contributed by atoms with Gasteiger partial charge in [-0.3, -0.25) is 0 Å². The smallest absolute Gasteiger partial charge is 0.405 e. The summed E-state index contributed by atoms with van der Waals surface area (Å²) in [5.74, 6) is -0.190. The van der Waals surface area contributed by atoms with E-state index < -0.39 is 6.36 Å². The Hall–Kier alpha value is -2.01. The average molecular weight is 295 g/mol. The zero-order chi connectivity index (χ0) is 15.3. The summed E-state index contributed by atoms with van der Waals surface area (Å²) >= 11 is 0. The summed E-state index contributed by atoms with van der Waals surface area (Å²) in [6, 6.07) is 13.5. The summed E-state index contributed by atoms with van der Waals surface area (Å²) in [6.07, 6.45) is -4.69. The van der Waals surface area contributed by atoms with Crippen LogP contribution in [0.4, 0.5) is 13.2 Å². The molecule has 5 heteroatoms. The number of halogens is 3. The molecular formula is C16H16F3NO. The number of rotatable bonds is 5. The summed E-state index contributed by atoms with van der Waals surface area (Å²) in [5.41, 5.74) is 2.19. The van der Waals surface area contributed by atoms with Gasteiger partial charge in [0.15, 0.2) is 0 Å². The Morgan fingerprint density at radius 3 is 2.29 bits per heavy atom. The van der Waals surface area contributed by atoms with Crippen molar-refractivity contribution < 1.29 is 17.9 Å². The molecule has 2 aromatic carbocycles. The SMILES string of the molecule is CCNCc1ccc(-c2ccccc2OC(F)(F)F)cc1. The van der Waals surface area contributed by atoms with E-state index in [9.17, 15) is 13.2 Å². The molecule has 0 aliphatic carbocycles. The summed E-state index contributed by atoms with van der Waals surface area (Å²) in [4.78, 5) is 0. The zero-order valence-corrected chi connectivity index (χ0v) is 11.6. The maximum Gasteiger partial charge on any atom is 0.573 e. The Kier molecular flexibility index (Phi) is 4.85. The van der Waals surface area contributed by atoms with Crippen LogP contribution in [0.15, 0.2) is 48.5 Å². The molecule has 0 bridgehead atoms.